The number of nitrogens with zero attached hydrogens (tertiary/aromatic N) is 2. The summed E-state index contributed by atoms with van der Waals surface area (Å²) in [6.45, 7) is 5.19. The second-order valence-electron chi connectivity index (χ2n) is 13.5. The summed E-state index contributed by atoms with van der Waals surface area (Å²) in [5, 5.41) is 37.6. The average molecular weight is 546 g/mol. The van der Waals surface area contributed by atoms with E-state index < -0.39 is 5.60 Å². The molecule has 1 aromatic rings. The van der Waals surface area contributed by atoms with Gasteiger partial charge < -0.3 is 25.5 Å². The molecule has 5 aliphatic heterocycles. The van der Waals surface area contributed by atoms with E-state index in [-0.39, 0.29) is 29.0 Å². The fraction of sp³-hybridized carbons (Fsp3) is 0.647. The summed E-state index contributed by atoms with van der Waals surface area (Å²) in [7, 11) is 0. The topological polar surface area (TPSA) is 79.2 Å². The first-order chi connectivity index (χ1) is 19.5. The van der Waals surface area contributed by atoms with Gasteiger partial charge in [-0.15, -0.1) is 0 Å². The van der Waals surface area contributed by atoms with Crippen LogP contribution < -0.4 is 5.32 Å². The third-order valence-electron chi connectivity index (χ3n) is 11.1. The molecule has 216 valence electrons. The molecule has 5 heterocycles. The molecule has 7 atom stereocenters. The van der Waals surface area contributed by atoms with Gasteiger partial charge in [-0.1, -0.05) is 30.4 Å². The molecule has 6 aliphatic rings. The number of aliphatic hydroxyl groups is 1. The van der Waals surface area contributed by atoms with Gasteiger partial charge in [0, 0.05) is 24.5 Å². The van der Waals surface area contributed by atoms with Gasteiger partial charge in [0.15, 0.2) is 11.5 Å². The maximum atomic E-state index is 13.0. The van der Waals surface area contributed by atoms with E-state index in [1.807, 2.05) is 0 Å². The summed E-state index contributed by atoms with van der Waals surface area (Å²) < 4.78 is 0. The predicted octanol–water partition coefficient (Wildman–Crippen LogP) is 4.97. The second-order valence-corrected chi connectivity index (χ2v) is 13.5. The van der Waals surface area contributed by atoms with E-state index in [1.54, 1.807) is 12.1 Å². The van der Waals surface area contributed by atoms with Crippen LogP contribution in [0.4, 0.5) is 0 Å². The Morgan fingerprint density at radius 2 is 1.70 bits per heavy atom. The van der Waals surface area contributed by atoms with E-state index in [0.29, 0.717) is 12.0 Å². The van der Waals surface area contributed by atoms with Crippen molar-refractivity contribution in [3.8, 4) is 11.5 Å². The van der Waals surface area contributed by atoms with Gasteiger partial charge in [0.25, 0.3) is 0 Å². The first-order valence-electron chi connectivity index (χ1n) is 16.0. The molecule has 1 spiro atoms. The van der Waals surface area contributed by atoms with Crippen LogP contribution in [-0.4, -0.2) is 75.5 Å². The third kappa shape index (κ3) is 4.46. The number of nitrogens with one attached hydrogen (secondary N) is 1. The van der Waals surface area contributed by atoms with Gasteiger partial charge in [-0.05, 0) is 125 Å². The molecular formula is C34H47N3O3. The minimum Gasteiger partial charge on any atom is -0.504 e. The number of fused-ring (bicyclic) bond motifs is 3. The number of phenolic OH excluding ortho intramolecular Hbond substituents is 2. The van der Waals surface area contributed by atoms with Gasteiger partial charge in [-0.2, -0.15) is 0 Å². The van der Waals surface area contributed by atoms with Crippen LogP contribution in [0.3, 0.4) is 0 Å². The molecule has 40 heavy (non-hydrogen) atoms. The van der Waals surface area contributed by atoms with Crippen molar-refractivity contribution in [1.29, 1.82) is 0 Å². The zero-order chi connectivity index (χ0) is 27.3. The van der Waals surface area contributed by atoms with Crippen LogP contribution >= 0.6 is 0 Å². The minimum atomic E-state index is -0.923. The van der Waals surface area contributed by atoms with Crippen LogP contribution in [0.1, 0.15) is 81.4 Å². The molecule has 0 saturated carbocycles. The lowest BCUT2D eigenvalue weighted by molar-refractivity contribution is -0.0983. The highest BCUT2D eigenvalue weighted by molar-refractivity contribution is 5.51. The van der Waals surface area contributed by atoms with Crippen LogP contribution in [0, 0.1) is 11.3 Å². The fourth-order valence-electron chi connectivity index (χ4n) is 9.58. The Balaban J connectivity index is 1.39. The van der Waals surface area contributed by atoms with E-state index >= 15 is 0 Å². The van der Waals surface area contributed by atoms with Crippen LogP contribution in [0.15, 0.2) is 48.1 Å². The molecule has 1 aliphatic carbocycles. The number of piperidine rings is 1. The van der Waals surface area contributed by atoms with E-state index in [2.05, 4.69) is 45.5 Å². The number of aromatic hydroxyl groups is 2. The van der Waals surface area contributed by atoms with Gasteiger partial charge in [0.1, 0.15) is 0 Å². The summed E-state index contributed by atoms with van der Waals surface area (Å²) in [5.41, 5.74) is 2.54. The Kier molecular flexibility index (Phi) is 7.10. The Labute approximate surface area is 239 Å². The standard InChI is InChI=1S/C34H47N3O3/c38-29-19-24-12-15-35-31(26(24)20-30(29)39)27-22-34(40)14-8-4-1-2-5-9-16-36-18-13-28(27)33(23-36)21-25-11-7-3-6-10-17-37(25)32(33)34/h1,4,7,11,19-20,22,25,28,31-32,35,38-40H,2-3,5-6,8-10,12-18,21,23H2. The lowest BCUT2D eigenvalue weighted by Gasteiger charge is -2.59. The Morgan fingerprint density at radius 3 is 2.60 bits per heavy atom. The highest BCUT2D eigenvalue weighted by Crippen LogP contribution is 2.61. The second kappa shape index (κ2) is 10.6. The summed E-state index contributed by atoms with van der Waals surface area (Å²) in [5.74, 6) is 0.277. The van der Waals surface area contributed by atoms with E-state index in [1.165, 1.54) is 31.3 Å². The normalized spacial score (nSPS) is 39.9. The number of hydrogen-bond acceptors (Lipinski definition) is 6. The summed E-state index contributed by atoms with van der Waals surface area (Å²) in [6.07, 6.45) is 23.6. The monoisotopic (exact) mass is 545 g/mol. The quantitative estimate of drug-likeness (QED) is 0.295. The van der Waals surface area contributed by atoms with Crippen molar-refractivity contribution in [3.05, 3.63) is 59.2 Å². The number of rotatable bonds is 1. The van der Waals surface area contributed by atoms with Crippen molar-refractivity contribution in [2.75, 3.05) is 32.7 Å². The number of hydrogen-bond donors (Lipinski definition) is 4. The minimum absolute atomic E-state index is 0.0214. The highest BCUT2D eigenvalue weighted by atomic mass is 16.3. The van der Waals surface area contributed by atoms with Crippen LogP contribution in [0.25, 0.3) is 0 Å². The third-order valence-corrected chi connectivity index (χ3v) is 11.1. The molecule has 0 amide bonds. The van der Waals surface area contributed by atoms with Crippen molar-refractivity contribution in [1.82, 2.24) is 15.1 Å². The Hall–Kier alpha value is -2.12. The first kappa shape index (κ1) is 26.8. The van der Waals surface area contributed by atoms with Crippen molar-refractivity contribution >= 4 is 0 Å². The van der Waals surface area contributed by atoms with Crippen molar-refractivity contribution < 1.29 is 15.3 Å². The molecule has 7 unspecified atom stereocenters. The van der Waals surface area contributed by atoms with Gasteiger partial charge in [-0.25, -0.2) is 0 Å². The molecule has 3 bridgehead atoms. The lowest BCUT2D eigenvalue weighted by Crippen LogP contribution is -2.66. The molecule has 1 aromatic carbocycles. The predicted molar refractivity (Wildman–Crippen MR) is 158 cm³/mol. The zero-order valence-corrected chi connectivity index (χ0v) is 23.9. The van der Waals surface area contributed by atoms with Gasteiger partial charge in [0.05, 0.1) is 17.7 Å². The van der Waals surface area contributed by atoms with Crippen molar-refractivity contribution in [3.63, 3.8) is 0 Å². The van der Waals surface area contributed by atoms with Gasteiger partial charge in [0.2, 0.25) is 0 Å². The van der Waals surface area contributed by atoms with E-state index in [9.17, 15) is 15.3 Å². The smallest absolute Gasteiger partial charge is 0.157 e. The SMILES string of the molecule is Oc1cc2c(cc1O)C(C1=CC3(O)CCC=CCCCCN4CCC1C1(CC5C=CCCCCN5C31)C4)NCC2. The van der Waals surface area contributed by atoms with E-state index in [4.69, 9.17) is 0 Å². The van der Waals surface area contributed by atoms with Crippen molar-refractivity contribution in [2.24, 2.45) is 11.3 Å². The Bertz CT molecular complexity index is 1210. The molecule has 2 saturated heterocycles. The highest BCUT2D eigenvalue weighted by Gasteiger charge is 2.66. The average Bonchev–Trinajstić information content (AvgIpc) is 3.22. The lowest BCUT2D eigenvalue weighted by atomic mass is 9.54. The maximum Gasteiger partial charge on any atom is 0.157 e. The Morgan fingerprint density at radius 1 is 0.900 bits per heavy atom. The number of phenols is 2. The van der Waals surface area contributed by atoms with Crippen LogP contribution in [-0.2, 0) is 6.42 Å². The molecule has 0 radical (unpaired) electrons. The molecular weight excluding hydrogens is 498 g/mol. The molecule has 6 nitrogen and oxygen atoms in total. The zero-order valence-electron chi connectivity index (χ0n) is 23.9. The van der Waals surface area contributed by atoms with Gasteiger partial charge in [-0.3, -0.25) is 4.90 Å². The largest absolute Gasteiger partial charge is 0.504 e. The first-order valence-corrected chi connectivity index (χ1v) is 16.0. The summed E-state index contributed by atoms with van der Waals surface area (Å²) >= 11 is 0. The number of benzene rings is 1. The summed E-state index contributed by atoms with van der Waals surface area (Å²) in [6, 6.07) is 3.96. The molecule has 7 rings (SSSR count). The van der Waals surface area contributed by atoms with Crippen LogP contribution in [0.5, 0.6) is 11.5 Å². The summed E-state index contributed by atoms with van der Waals surface area (Å²) in [4.78, 5) is 5.44. The van der Waals surface area contributed by atoms with Crippen molar-refractivity contribution in [2.45, 2.75) is 94.4 Å². The molecule has 0 aromatic heterocycles. The number of allylic oxidation sites excluding steroid dienone is 3. The molecule has 2 fully saturated rings. The van der Waals surface area contributed by atoms with Crippen LogP contribution in [0.2, 0.25) is 0 Å². The van der Waals surface area contributed by atoms with E-state index in [0.717, 1.165) is 88.8 Å². The fourth-order valence-corrected chi connectivity index (χ4v) is 9.58. The van der Waals surface area contributed by atoms with Gasteiger partial charge >= 0.3 is 0 Å². The molecule has 4 N–H and O–H groups in total. The maximum absolute atomic E-state index is 13.0. The molecule has 6 heteroatoms.